The number of carbonyl (C=O) groups excluding carboxylic acids is 1. The highest BCUT2D eigenvalue weighted by atomic mass is 35.5. The third-order valence-corrected chi connectivity index (χ3v) is 2.66. The molecular formula is C13H8ClFN2O3. The molecule has 5 nitrogen and oxygen atoms in total. The number of nitrogens with one attached hydrogen (secondary N) is 1. The number of amides is 1. The van der Waals surface area contributed by atoms with Gasteiger partial charge < -0.3 is 10.4 Å². The predicted octanol–water partition coefficient (Wildman–Crippen LogP) is 2.82. The highest BCUT2D eigenvalue weighted by Crippen LogP contribution is 2.20. The summed E-state index contributed by atoms with van der Waals surface area (Å²) in [6.45, 7) is 0. The first kappa shape index (κ1) is 14.0. The number of benzene rings is 1. The molecule has 7 heteroatoms. The van der Waals surface area contributed by atoms with Gasteiger partial charge in [0.1, 0.15) is 11.5 Å². The maximum absolute atomic E-state index is 13.5. The van der Waals surface area contributed by atoms with Crippen LogP contribution in [0.3, 0.4) is 0 Å². The molecule has 1 amide bonds. The number of hydrogen-bond acceptors (Lipinski definition) is 3. The number of carbonyl (C=O) groups is 2. The van der Waals surface area contributed by atoms with Crippen LogP contribution in [-0.4, -0.2) is 22.0 Å². The molecule has 0 aliphatic rings. The lowest BCUT2D eigenvalue weighted by Crippen LogP contribution is -2.18. The van der Waals surface area contributed by atoms with Crippen LogP contribution in [0.4, 0.5) is 10.1 Å². The van der Waals surface area contributed by atoms with E-state index in [4.69, 9.17) is 16.7 Å². The Hall–Kier alpha value is -2.47. The van der Waals surface area contributed by atoms with Crippen LogP contribution >= 0.6 is 11.6 Å². The quantitative estimate of drug-likeness (QED) is 0.912. The molecule has 0 saturated heterocycles. The molecule has 0 aliphatic heterocycles. The predicted molar refractivity (Wildman–Crippen MR) is 70.6 cm³/mol. The zero-order chi connectivity index (χ0) is 14.7. The number of aromatic nitrogens is 1. The summed E-state index contributed by atoms with van der Waals surface area (Å²) in [4.78, 5) is 26.6. The number of nitrogens with zero attached hydrogens (tertiary/aromatic N) is 1. The van der Waals surface area contributed by atoms with Crippen LogP contribution in [0.1, 0.15) is 20.8 Å². The Labute approximate surface area is 118 Å². The highest BCUT2D eigenvalue weighted by Gasteiger charge is 2.18. The van der Waals surface area contributed by atoms with Crippen LogP contribution in [0.2, 0.25) is 5.02 Å². The van der Waals surface area contributed by atoms with Gasteiger partial charge in [-0.05, 0) is 30.3 Å². The molecule has 1 aromatic carbocycles. The minimum Gasteiger partial charge on any atom is -0.478 e. The zero-order valence-electron chi connectivity index (χ0n) is 9.93. The molecule has 0 aliphatic carbocycles. The van der Waals surface area contributed by atoms with Crippen molar-refractivity contribution in [2.75, 3.05) is 5.32 Å². The van der Waals surface area contributed by atoms with Crippen LogP contribution < -0.4 is 5.32 Å². The topological polar surface area (TPSA) is 79.3 Å². The van der Waals surface area contributed by atoms with Crippen LogP contribution in [0.25, 0.3) is 0 Å². The van der Waals surface area contributed by atoms with Crippen molar-refractivity contribution >= 4 is 29.2 Å². The Morgan fingerprint density at radius 3 is 2.75 bits per heavy atom. The smallest absolute Gasteiger partial charge is 0.338 e. The summed E-state index contributed by atoms with van der Waals surface area (Å²) in [5.41, 5.74) is -0.726. The summed E-state index contributed by atoms with van der Waals surface area (Å²) in [6, 6.07) is 6.27. The standard InChI is InChI=1S/C13H8ClFN2O3/c14-7-3-4-9(15)10(6-7)17-12(18)11-8(13(19)20)2-1-5-16-11/h1-6H,(H,17,18)(H,19,20). The largest absolute Gasteiger partial charge is 0.478 e. The van der Waals surface area contributed by atoms with Gasteiger partial charge in [0.15, 0.2) is 0 Å². The van der Waals surface area contributed by atoms with E-state index in [1.54, 1.807) is 0 Å². The molecular weight excluding hydrogens is 287 g/mol. The molecule has 0 bridgehead atoms. The molecule has 20 heavy (non-hydrogen) atoms. The average Bonchev–Trinajstić information content (AvgIpc) is 2.42. The number of carboxylic acids is 1. The van der Waals surface area contributed by atoms with E-state index in [0.29, 0.717) is 0 Å². The monoisotopic (exact) mass is 294 g/mol. The summed E-state index contributed by atoms with van der Waals surface area (Å²) >= 11 is 5.70. The van der Waals surface area contributed by atoms with Gasteiger partial charge in [0.2, 0.25) is 0 Å². The Morgan fingerprint density at radius 2 is 2.05 bits per heavy atom. The number of rotatable bonds is 3. The molecule has 2 N–H and O–H groups in total. The van der Waals surface area contributed by atoms with Gasteiger partial charge in [-0.1, -0.05) is 11.6 Å². The van der Waals surface area contributed by atoms with Crippen LogP contribution in [0.15, 0.2) is 36.5 Å². The van der Waals surface area contributed by atoms with E-state index in [1.165, 1.54) is 30.5 Å². The second-order valence-corrected chi connectivity index (χ2v) is 4.22. The molecule has 2 aromatic rings. The van der Waals surface area contributed by atoms with Gasteiger partial charge in [-0.3, -0.25) is 9.78 Å². The number of carboxylic acid groups (broad SMARTS) is 1. The van der Waals surface area contributed by atoms with E-state index in [-0.39, 0.29) is 22.0 Å². The Balaban J connectivity index is 2.33. The maximum atomic E-state index is 13.5. The van der Waals surface area contributed by atoms with Gasteiger partial charge in [-0.25, -0.2) is 9.18 Å². The van der Waals surface area contributed by atoms with Crippen molar-refractivity contribution in [2.45, 2.75) is 0 Å². The number of pyridine rings is 1. The number of hydrogen-bond donors (Lipinski definition) is 2. The summed E-state index contributed by atoms with van der Waals surface area (Å²) in [7, 11) is 0. The van der Waals surface area contributed by atoms with Crippen molar-refractivity contribution in [3.05, 3.63) is 58.6 Å². The normalized spacial score (nSPS) is 10.1. The Kier molecular flexibility index (Phi) is 3.95. The van der Waals surface area contributed by atoms with E-state index in [9.17, 15) is 14.0 Å². The minimum atomic E-state index is -1.30. The van der Waals surface area contributed by atoms with Crippen molar-refractivity contribution in [1.82, 2.24) is 4.98 Å². The first-order valence-electron chi connectivity index (χ1n) is 5.44. The molecule has 1 aromatic heterocycles. The number of aromatic carboxylic acids is 1. The molecule has 0 fully saturated rings. The first-order chi connectivity index (χ1) is 9.49. The summed E-state index contributed by atoms with van der Waals surface area (Å²) in [6.07, 6.45) is 1.27. The van der Waals surface area contributed by atoms with Gasteiger partial charge >= 0.3 is 5.97 Å². The number of anilines is 1. The molecule has 1 heterocycles. The van der Waals surface area contributed by atoms with Gasteiger partial charge in [0.25, 0.3) is 5.91 Å². The fourth-order valence-corrected chi connectivity index (χ4v) is 1.71. The van der Waals surface area contributed by atoms with E-state index in [1.807, 2.05) is 0 Å². The first-order valence-corrected chi connectivity index (χ1v) is 5.81. The third-order valence-electron chi connectivity index (χ3n) is 2.43. The van der Waals surface area contributed by atoms with Crippen molar-refractivity contribution in [2.24, 2.45) is 0 Å². The maximum Gasteiger partial charge on any atom is 0.338 e. The second-order valence-electron chi connectivity index (χ2n) is 3.78. The van der Waals surface area contributed by atoms with Crippen LogP contribution in [0.5, 0.6) is 0 Å². The molecule has 0 atom stereocenters. The van der Waals surface area contributed by atoms with Crippen LogP contribution in [0, 0.1) is 5.82 Å². The van der Waals surface area contributed by atoms with Crippen molar-refractivity contribution in [1.29, 1.82) is 0 Å². The third kappa shape index (κ3) is 2.92. The highest BCUT2D eigenvalue weighted by molar-refractivity contribution is 6.31. The summed E-state index contributed by atoms with van der Waals surface area (Å²) in [5.74, 6) is -2.81. The molecule has 0 unspecified atom stereocenters. The lowest BCUT2D eigenvalue weighted by molar-refractivity contribution is 0.0691. The van der Waals surface area contributed by atoms with Gasteiger partial charge in [-0.2, -0.15) is 0 Å². The van der Waals surface area contributed by atoms with E-state index in [2.05, 4.69) is 10.3 Å². The fraction of sp³-hybridized carbons (Fsp3) is 0. The van der Waals surface area contributed by atoms with Crippen molar-refractivity contribution < 1.29 is 19.1 Å². The molecule has 0 saturated carbocycles. The summed E-state index contributed by atoms with van der Waals surface area (Å²) < 4.78 is 13.5. The Bertz CT molecular complexity index is 691. The zero-order valence-corrected chi connectivity index (χ0v) is 10.7. The molecule has 0 radical (unpaired) electrons. The van der Waals surface area contributed by atoms with Crippen molar-refractivity contribution in [3.63, 3.8) is 0 Å². The van der Waals surface area contributed by atoms with Gasteiger partial charge in [0.05, 0.1) is 11.3 Å². The molecule has 2 rings (SSSR count). The van der Waals surface area contributed by atoms with Crippen molar-refractivity contribution in [3.8, 4) is 0 Å². The van der Waals surface area contributed by atoms with Gasteiger partial charge in [-0.15, -0.1) is 0 Å². The lowest BCUT2D eigenvalue weighted by atomic mass is 10.2. The minimum absolute atomic E-state index is 0.149. The second kappa shape index (κ2) is 5.66. The SMILES string of the molecule is O=C(O)c1cccnc1C(=O)Nc1cc(Cl)ccc1F. The molecule has 0 spiro atoms. The summed E-state index contributed by atoms with van der Waals surface area (Å²) in [5, 5.41) is 11.4. The number of halogens is 2. The molecule has 102 valence electrons. The average molecular weight is 295 g/mol. The van der Waals surface area contributed by atoms with E-state index in [0.717, 1.165) is 6.07 Å². The van der Waals surface area contributed by atoms with Gasteiger partial charge in [0, 0.05) is 11.2 Å². The van der Waals surface area contributed by atoms with E-state index < -0.39 is 17.7 Å². The Morgan fingerprint density at radius 1 is 1.30 bits per heavy atom. The lowest BCUT2D eigenvalue weighted by Gasteiger charge is -2.08. The van der Waals surface area contributed by atoms with Crippen LogP contribution in [-0.2, 0) is 0 Å². The fourth-order valence-electron chi connectivity index (χ4n) is 1.53. The van der Waals surface area contributed by atoms with E-state index >= 15 is 0 Å².